The normalized spacial score (nSPS) is 15.6. The highest BCUT2D eigenvalue weighted by atomic mass is 15.0. The Morgan fingerprint density at radius 2 is 1.73 bits per heavy atom. The summed E-state index contributed by atoms with van der Waals surface area (Å²) in [6.07, 6.45) is 6.07. The average molecular weight is 214 g/mol. The van der Waals surface area contributed by atoms with Crippen LogP contribution in [0.2, 0.25) is 0 Å². The first-order valence-corrected chi connectivity index (χ1v) is 6.63. The summed E-state index contributed by atoms with van der Waals surface area (Å²) in [5.41, 5.74) is 6.10. The number of hydrogen-bond donors (Lipinski definition) is 2. The Kier molecular flexibility index (Phi) is 8.07. The largest absolute Gasteiger partial charge is 0.329 e. The van der Waals surface area contributed by atoms with E-state index in [0.717, 1.165) is 25.4 Å². The van der Waals surface area contributed by atoms with Crippen molar-refractivity contribution in [3.05, 3.63) is 0 Å². The van der Waals surface area contributed by atoms with Crippen LogP contribution in [-0.4, -0.2) is 18.6 Å². The Bertz CT molecular complexity index is 137. The summed E-state index contributed by atoms with van der Waals surface area (Å²) in [6, 6.07) is 0. The molecule has 15 heavy (non-hydrogen) atoms. The van der Waals surface area contributed by atoms with Gasteiger partial charge in [-0.15, -0.1) is 0 Å². The van der Waals surface area contributed by atoms with E-state index in [2.05, 4.69) is 33.0 Å². The van der Waals surface area contributed by atoms with Gasteiger partial charge in [-0.3, -0.25) is 0 Å². The van der Waals surface area contributed by atoms with Crippen molar-refractivity contribution in [2.45, 2.75) is 65.3 Å². The highest BCUT2D eigenvalue weighted by molar-refractivity contribution is 4.87. The summed E-state index contributed by atoms with van der Waals surface area (Å²) in [6.45, 7) is 10.9. The Morgan fingerprint density at radius 1 is 1.13 bits per heavy atom. The molecule has 0 aromatic heterocycles. The van der Waals surface area contributed by atoms with Gasteiger partial charge in [0.15, 0.2) is 0 Å². The van der Waals surface area contributed by atoms with Crippen LogP contribution in [0.25, 0.3) is 0 Å². The minimum Gasteiger partial charge on any atom is -0.329 e. The molecule has 0 spiro atoms. The van der Waals surface area contributed by atoms with Crippen molar-refractivity contribution in [3.63, 3.8) is 0 Å². The molecule has 0 radical (unpaired) electrons. The maximum absolute atomic E-state index is 5.91. The molecule has 1 unspecified atom stereocenters. The van der Waals surface area contributed by atoms with Gasteiger partial charge in [-0.2, -0.15) is 0 Å². The maximum Gasteiger partial charge on any atom is 0.0301 e. The van der Waals surface area contributed by atoms with Gasteiger partial charge < -0.3 is 11.1 Å². The zero-order valence-electron chi connectivity index (χ0n) is 11.1. The topological polar surface area (TPSA) is 38.0 Å². The third-order valence-electron chi connectivity index (χ3n) is 3.72. The van der Waals surface area contributed by atoms with E-state index in [1.807, 2.05) is 0 Å². The van der Waals surface area contributed by atoms with E-state index in [0.29, 0.717) is 0 Å². The molecule has 0 heterocycles. The van der Waals surface area contributed by atoms with Gasteiger partial charge in [-0.05, 0) is 25.3 Å². The van der Waals surface area contributed by atoms with Crippen molar-refractivity contribution in [3.8, 4) is 0 Å². The average Bonchev–Trinajstić information content (AvgIpc) is 2.29. The summed E-state index contributed by atoms with van der Waals surface area (Å²) in [4.78, 5) is 0. The minimum absolute atomic E-state index is 0.192. The van der Waals surface area contributed by atoms with Crippen LogP contribution in [0, 0.1) is 5.92 Å². The molecular weight excluding hydrogens is 184 g/mol. The molecule has 0 rings (SSSR count). The second-order valence-corrected chi connectivity index (χ2v) is 4.65. The van der Waals surface area contributed by atoms with Crippen LogP contribution in [0.5, 0.6) is 0 Å². The molecule has 3 N–H and O–H groups in total. The van der Waals surface area contributed by atoms with E-state index >= 15 is 0 Å². The number of nitrogens with one attached hydrogen (secondary N) is 1. The van der Waals surface area contributed by atoms with Gasteiger partial charge in [0.1, 0.15) is 0 Å². The van der Waals surface area contributed by atoms with Gasteiger partial charge in [-0.1, -0.05) is 47.0 Å². The number of hydrogen-bond acceptors (Lipinski definition) is 2. The van der Waals surface area contributed by atoms with E-state index in [-0.39, 0.29) is 5.54 Å². The quantitative estimate of drug-likeness (QED) is 0.619. The molecule has 0 aliphatic carbocycles. The number of rotatable bonds is 9. The Labute approximate surface area is 96.0 Å². The molecule has 0 bridgehead atoms. The molecule has 0 aromatic rings. The van der Waals surface area contributed by atoms with Crippen molar-refractivity contribution in [2.75, 3.05) is 13.1 Å². The van der Waals surface area contributed by atoms with Gasteiger partial charge in [0.05, 0.1) is 0 Å². The fraction of sp³-hybridized carbons (Fsp3) is 1.00. The van der Waals surface area contributed by atoms with Gasteiger partial charge in [0, 0.05) is 12.1 Å². The van der Waals surface area contributed by atoms with Crippen LogP contribution in [-0.2, 0) is 0 Å². The van der Waals surface area contributed by atoms with Crippen LogP contribution in [0.15, 0.2) is 0 Å². The molecule has 0 fully saturated rings. The molecule has 0 aliphatic rings. The summed E-state index contributed by atoms with van der Waals surface area (Å²) in [5, 5.41) is 3.71. The predicted molar refractivity (Wildman–Crippen MR) is 69.1 cm³/mol. The van der Waals surface area contributed by atoms with Crippen LogP contribution in [0.1, 0.15) is 59.8 Å². The lowest BCUT2D eigenvalue weighted by atomic mass is 9.89. The zero-order chi connectivity index (χ0) is 11.7. The van der Waals surface area contributed by atoms with E-state index in [1.54, 1.807) is 0 Å². The molecule has 0 amide bonds. The molecule has 0 aliphatic heterocycles. The van der Waals surface area contributed by atoms with Gasteiger partial charge in [0.25, 0.3) is 0 Å². The lowest BCUT2D eigenvalue weighted by Crippen LogP contribution is -2.52. The van der Waals surface area contributed by atoms with Crippen molar-refractivity contribution >= 4 is 0 Å². The molecule has 1 atom stereocenters. The first-order valence-electron chi connectivity index (χ1n) is 6.63. The fourth-order valence-corrected chi connectivity index (χ4v) is 2.13. The summed E-state index contributed by atoms with van der Waals surface area (Å²) < 4.78 is 0. The van der Waals surface area contributed by atoms with Crippen molar-refractivity contribution in [2.24, 2.45) is 11.7 Å². The van der Waals surface area contributed by atoms with Gasteiger partial charge >= 0.3 is 0 Å². The first kappa shape index (κ1) is 14.9. The summed E-state index contributed by atoms with van der Waals surface area (Å²) >= 11 is 0. The fourth-order valence-electron chi connectivity index (χ4n) is 2.13. The zero-order valence-corrected chi connectivity index (χ0v) is 11.1. The van der Waals surface area contributed by atoms with Gasteiger partial charge in [0.2, 0.25) is 0 Å². The van der Waals surface area contributed by atoms with E-state index in [1.165, 1.54) is 25.7 Å². The predicted octanol–water partition coefficient (Wildman–Crippen LogP) is 2.92. The second kappa shape index (κ2) is 8.12. The molecule has 2 heteroatoms. The van der Waals surface area contributed by atoms with Crippen molar-refractivity contribution in [1.29, 1.82) is 0 Å². The lowest BCUT2D eigenvalue weighted by molar-refractivity contribution is 0.270. The third kappa shape index (κ3) is 4.98. The second-order valence-electron chi connectivity index (χ2n) is 4.65. The molecule has 2 nitrogen and oxygen atoms in total. The van der Waals surface area contributed by atoms with Crippen LogP contribution >= 0.6 is 0 Å². The minimum atomic E-state index is 0.192. The Morgan fingerprint density at radius 3 is 2.07 bits per heavy atom. The summed E-state index contributed by atoms with van der Waals surface area (Å²) in [5.74, 6) is 0.805. The van der Waals surface area contributed by atoms with Crippen LogP contribution < -0.4 is 11.1 Å². The smallest absolute Gasteiger partial charge is 0.0301 e. The van der Waals surface area contributed by atoms with E-state index in [4.69, 9.17) is 5.73 Å². The standard InChI is InChI=1S/C13H30N2/c1-5-9-13(8-4,11-14)15-10-12(6-2)7-3/h12,15H,5-11,14H2,1-4H3. The Balaban J connectivity index is 4.15. The van der Waals surface area contributed by atoms with E-state index < -0.39 is 0 Å². The maximum atomic E-state index is 5.91. The van der Waals surface area contributed by atoms with Crippen molar-refractivity contribution < 1.29 is 0 Å². The monoisotopic (exact) mass is 214 g/mol. The van der Waals surface area contributed by atoms with Crippen molar-refractivity contribution in [1.82, 2.24) is 5.32 Å². The number of nitrogens with two attached hydrogens (primary N) is 1. The first-order chi connectivity index (χ1) is 7.17. The van der Waals surface area contributed by atoms with E-state index in [9.17, 15) is 0 Å². The SMILES string of the molecule is CCCC(CC)(CN)NCC(CC)CC. The van der Waals surface area contributed by atoms with Gasteiger partial charge in [-0.25, -0.2) is 0 Å². The highest BCUT2D eigenvalue weighted by Gasteiger charge is 2.25. The summed E-state index contributed by atoms with van der Waals surface area (Å²) in [7, 11) is 0. The Hall–Kier alpha value is -0.0800. The lowest BCUT2D eigenvalue weighted by Gasteiger charge is -2.34. The highest BCUT2D eigenvalue weighted by Crippen LogP contribution is 2.17. The molecular formula is C13H30N2. The molecule has 92 valence electrons. The molecule has 0 aromatic carbocycles. The third-order valence-corrected chi connectivity index (χ3v) is 3.72. The molecule has 0 saturated heterocycles. The van der Waals surface area contributed by atoms with Crippen LogP contribution in [0.4, 0.5) is 0 Å². The molecule has 0 saturated carbocycles. The van der Waals surface area contributed by atoms with Crippen LogP contribution in [0.3, 0.4) is 0 Å².